The van der Waals surface area contributed by atoms with Crippen LogP contribution in [0, 0.1) is 16.7 Å². The Kier molecular flexibility index (Phi) is 2.85. The van der Waals surface area contributed by atoms with Crippen LogP contribution < -0.4 is 5.32 Å². The van der Waals surface area contributed by atoms with E-state index in [1.54, 1.807) is 0 Å². The third-order valence-corrected chi connectivity index (χ3v) is 5.19. The van der Waals surface area contributed by atoms with Crippen molar-refractivity contribution < 1.29 is 0 Å². The molecule has 1 aliphatic carbocycles. The predicted molar refractivity (Wildman–Crippen MR) is 65.0 cm³/mol. The van der Waals surface area contributed by atoms with Gasteiger partial charge in [0.1, 0.15) is 0 Å². The van der Waals surface area contributed by atoms with Gasteiger partial charge in [0.05, 0.1) is 0 Å². The van der Waals surface area contributed by atoms with Crippen molar-refractivity contribution in [2.24, 2.45) is 16.7 Å². The average molecular weight is 210 g/mol. The van der Waals surface area contributed by atoms with Crippen molar-refractivity contribution in [2.75, 3.05) is 32.7 Å². The molecule has 0 aromatic rings. The van der Waals surface area contributed by atoms with Crippen molar-refractivity contribution in [3.8, 4) is 0 Å². The topological polar surface area (TPSA) is 15.3 Å². The maximum atomic E-state index is 3.47. The maximum Gasteiger partial charge on any atom is 0.0107 e. The highest BCUT2D eigenvalue weighted by Crippen LogP contribution is 2.68. The summed E-state index contributed by atoms with van der Waals surface area (Å²) in [6.07, 6.45) is 1.31. The fourth-order valence-electron chi connectivity index (χ4n) is 3.13. The van der Waals surface area contributed by atoms with E-state index in [0.717, 1.165) is 5.92 Å². The molecule has 15 heavy (non-hydrogen) atoms. The SMILES string of the molecule is CC1(C)C(CN2CCCNCC2)C1(C)C. The molecule has 2 heteroatoms. The first-order valence-corrected chi connectivity index (χ1v) is 6.39. The Morgan fingerprint density at radius 3 is 2.33 bits per heavy atom. The summed E-state index contributed by atoms with van der Waals surface area (Å²) < 4.78 is 0. The molecule has 2 fully saturated rings. The van der Waals surface area contributed by atoms with Gasteiger partial charge in [0, 0.05) is 19.6 Å². The fraction of sp³-hybridized carbons (Fsp3) is 1.00. The minimum absolute atomic E-state index is 0.548. The van der Waals surface area contributed by atoms with Gasteiger partial charge in [-0.3, -0.25) is 0 Å². The van der Waals surface area contributed by atoms with Gasteiger partial charge >= 0.3 is 0 Å². The monoisotopic (exact) mass is 210 g/mol. The Hall–Kier alpha value is -0.0800. The maximum absolute atomic E-state index is 3.47. The normalized spacial score (nSPS) is 31.2. The first-order valence-electron chi connectivity index (χ1n) is 6.39. The second-order valence-electron chi connectivity index (χ2n) is 6.40. The minimum atomic E-state index is 0.548. The van der Waals surface area contributed by atoms with Crippen LogP contribution in [-0.2, 0) is 0 Å². The zero-order valence-corrected chi connectivity index (χ0v) is 10.8. The van der Waals surface area contributed by atoms with Crippen LogP contribution in [0.2, 0.25) is 0 Å². The second-order valence-corrected chi connectivity index (χ2v) is 6.40. The molecule has 0 radical (unpaired) electrons. The van der Waals surface area contributed by atoms with Gasteiger partial charge in [-0.15, -0.1) is 0 Å². The second kappa shape index (κ2) is 3.74. The Morgan fingerprint density at radius 2 is 1.73 bits per heavy atom. The average Bonchev–Trinajstić information content (AvgIpc) is 2.68. The molecule has 2 nitrogen and oxygen atoms in total. The van der Waals surface area contributed by atoms with Crippen LogP contribution in [0.1, 0.15) is 34.1 Å². The number of hydrogen-bond acceptors (Lipinski definition) is 2. The molecule has 1 aliphatic heterocycles. The van der Waals surface area contributed by atoms with Crippen molar-refractivity contribution in [1.82, 2.24) is 10.2 Å². The highest BCUT2D eigenvalue weighted by molar-refractivity contribution is 5.13. The van der Waals surface area contributed by atoms with Gasteiger partial charge < -0.3 is 10.2 Å². The third kappa shape index (κ3) is 1.94. The van der Waals surface area contributed by atoms with E-state index in [2.05, 4.69) is 37.9 Å². The Bertz CT molecular complexity index is 211. The molecule has 0 aromatic carbocycles. The number of hydrogen-bond donors (Lipinski definition) is 1. The summed E-state index contributed by atoms with van der Waals surface area (Å²) in [6, 6.07) is 0. The van der Waals surface area contributed by atoms with E-state index in [-0.39, 0.29) is 0 Å². The molecule has 0 spiro atoms. The van der Waals surface area contributed by atoms with Gasteiger partial charge in [0.25, 0.3) is 0 Å². The minimum Gasteiger partial charge on any atom is -0.315 e. The van der Waals surface area contributed by atoms with Crippen LogP contribution in [0.25, 0.3) is 0 Å². The van der Waals surface area contributed by atoms with Gasteiger partial charge in [0.15, 0.2) is 0 Å². The van der Waals surface area contributed by atoms with Crippen LogP contribution in [0.5, 0.6) is 0 Å². The summed E-state index contributed by atoms with van der Waals surface area (Å²) in [7, 11) is 0. The van der Waals surface area contributed by atoms with E-state index in [0.29, 0.717) is 10.8 Å². The molecular formula is C13H26N2. The molecule has 1 N–H and O–H groups in total. The van der Waals surface area contributed by atoms with Crippen molar-refractivity contribution in [1.29, 1.82) is 0 Å². The first-order chi connectivity index (χ1) is 6.96. The van der Waals surface area contributed by atoms with E-state index in [9.17, 15) is 0 Å². The molecule has 0 bridgehead atoms. The van der Waals surface area contributed by atoms with Gasteiger partial charge in [0.2, 0.25) is 0 Å². The number of nitrogens with zero attached hydrogens (tertiary/aromatic N) is 1. The van der Waals surface area contributed by atoms with Crippen LogP contribution in [0.4, 0.5) is 0 Å². The molecule has 0 aromatic heterocycles. The summed E-state index contributed by atoms with van der Waals surface area (Å²) in [5.41, 5.74) is 1.10. The predicted octanol–water partition coefficient (Wildman–Crippen LogP) is 1.96. The molecular weight excluding hydrogens is 184 g/mol. The van der Waals surface area contributed by atoms with Gasteiger partial charge in [-0.2, -0.15) is 0 Å². The fourth-order valence-corrected chi connectivity index (χ4v) is 3.13. The summed E-state index contributed by atoms with van der Waals surface area (Å²) in [5, 5.41) is 3.47. The lowest BCUT2D eigenvalue weighted by molar-refractivity contribution is 0.261. The third-order valence-electron chi connectivity index (χ3n) is 5.19. The lowest BCUT2D eigenvalue weighted by Gasteiger charge is -2.20. The summed E-state index contributed by atoms with van der Waals surface area (Å²) in [6.45, 7) is 15.9. The number of nitrogens with one attached hydrogen (secondary N) is 1. The van der Waals surface area contributed by atoms with E-state index in [4.69, 9.17) is 0 Å². The van der Waals surface area contributed by atoms with E-state index in [1.165, 1.54) is 39.1 Å². The Morgan fingerprint density at radius 1 is 1.07 bits per heavy atom. The van der Waals surface area contributed by atoms with Crippen LogP contribution in [0.15, 0.2) is 0 Å². The first kappa shape index (κ1) is 11.4. The van der Waals surface area contributed by atoms with Crippen molar-refractivity contribution in [3.05, 3.63) is 0 Å². The van der Waals surface area contributed by atoms with Crippen molar-refractivity contribution in [2.45, 2.75) is 34.1 Å². The zero-order valence-electron chi connectivity index (χ0n) is 10.8. The molecule has 0 amide bonds. The molecule has 1 saturated carbocycles. The molecule has 2 rings (SSSR count). The summed E-state index contributed by atoms with van der Waals surface area (Å²) >= 11 is 0. The largest absolute Gasteiger partial charge is 0.315 e. The molecule has 2 aliphatic rings. The lowest BCUT2D eigenvalue weighted by Crippen LogP contribution is -2.31. The molecule has 0 atom stereocenters. The van der Waals surface area contributed by atoms with E-state index < -0.39 is 0 Å². The van der Waals surface area contributed by atoms with Crippen molar-refractivity contribution in [3.63, 3.8) is 0 Å². The van der Waals surface area contributed by atoms with Crippen molar-refractivity contribution >= 4 is 0 Å². The van der Waals surface area contributed by atoms with Crippen LogP contribution in [0.3, 0.4) is 0 Å². The Labute approximate surface area is 94.4 Å². The van der Waals surface area contributed by atoms with Gasteiger partial charge in [-0.25, -0.2) is 0 Å². The van der Waals surface area contributed by atoms with Gasteiger partial charge in [-0.1, -0.05) is 27.7 Å². The van der Waals surface area contributed by atoms with Gasteiger partial charge in [-0.05, 0) is 36.3 Å². The zero-order chi connectivity index (χ0) is 11.1. The standard InChI is InChI=1S/C13H26N2/c1-12(2)11(13(12,3)4)10-15-8-5-6-14-7-9-15/h11,14H,5-10H2,1-4H3. The molecule has 1 heterocycles. The highest BCUT2D eigenvalue weighted by Gasteiger charge is 2.64. The van der Waals surface area contributed by atoms with Crippen LogP contribution in [-0.4, -0.2) is 37.6 Å². The van der Waals surface area contributed by atoms with Crippen LogP contribution >= 0.6 is 0 Å². The highest BCUT2D eigenvalue weighted by atomic mass is 15.2. The molecule has 88 valence electrons. The van der Waals surface area contributed by atoms with E-state index in [1.807, 2.05) is 0 Å². The summed E-state index contributed by atoms with van der Waals surface area (Å²) in [5.74, 6) is 0.892. The summed E-state index contributed by atoms with van der Waals surface area (Å²) in [4.78, 5) is 2.65. The molecule has 0 unspecified atom stereocenters. The number of rotatable bonds is 2. The van der Waals surface area contributed by atoms with E-state index >= 15 is 0 Å². The smallest absolute Gasteiger partial charge is 0.0107 e. The lowest BCUT2D eigenvalue weighted by atomic mass is 10.0. The quantitative estimate of drug-likeness (QED) is 0.749. The Balaban J connectivity index is 1.87. The molecule has 1 saturated heterocycles.